The van der Waals surface area contributed by atoms with Crippen LogP contribution in [0, 0.1) is 11.8 Å². The molecule has 4 aromatic rings. The molecule has 0 bridgehead atoms. The average molecular weight is 414 g/mol. The lowest BCUT2D eigenvalue weighted by Crippen LogP contribution is -2.30. The van der Waals surface area contributed by atoms with Gasteiger partial charge in [0.25, 0.3) is 0 Å². The molecule has 0 atom stereocenters. The number of nitrogens with zero attached hydrogens (tertiary/aromatic N) is 3. The van der Waals surface area contributed by atoms with E-state index in [1.165, 1.54) is 16.1 Å². The summed E-state index contributed by atoms with van der Waals surface area (Å²) < 4.78 is 0. The summed E-state index contributed by atoms with van der Waals surface area (Å²) in [6.07, 6.45) is 2.98. The van der Waals surface area contributed by atoms with Crippen molar-refractivity contribution in [2.24, 2.45) is 0 Å². The van der Waals surface area contributed by atoms with Crippen LogP contribution >= 0.6 is 22.7 Å². The van der Waals surface area contributed by atoms with Crippen molar-refractivity contribution >= 4 is 22.7 Å². The fourth-order valence-corrected chi connectivity index (χ4v) is 5.01. The third-order valence-electron chi connectivity index (χ3n) is 4.90. The van der Waals surface area contributed by atoms with Crippen molar-refractivity contribution in [1.29, 1.82) is 0 Å². The minimum Gasteiger partial charge on any atom is -0.293 e. The van der Waals surface area contributed by atoms with Crippen LogP contribution in [0.25, 0.3) is 10.7 Å². The third-order valence-corrected chi connectivity index (χ3v) is 6.75. The fraction of sp³-hybridized carbons (Fsp3) is 0.167. The lowest BCUT2D eigenvalue weighted by Gasteiger charge is -2.27. The van der Waals surface area contributed by atoms with E-state index in [-0.39, 0.29) is 0 Å². The monoisotopic (exact) mass is 413 g/mol. The molecule has 0 amide bonds. The molecule has 3 aromatic heterocycles. The van der Waals surface area contributed by atoms with E-state index in [1.54, 1.807) is 22.7 Å². The van der Waals surface area contributed by atoms with Crippen LogP contribution < -0.4 is 0 Å². The maximum atomic E-state index is 4.81. The van der Waals surface area contributed by atoms with Gasteiger partial charge in [0.1, 0.15) is 0 Å². The van der Waals surface area contributed by atoms with E-state index < -0.39 is 0 Å². The van der Waals surface area contributed by atoms with Gasteiger partial charge in [-0.3, -0.25) is 4.90 Å². The van der Waals surface area contributed by atoms with Crippen molar-refractivity contribution in [1.82, 2.24) is 14.9 Å². The summed E-state index contributed by atoms with van der Waals surface area (Å²) >= 11 is 3.47. The molecule has 0 spiro atoms. The Bertz CT molecular complexity index is 1170. The van der Waals surface area contributed by atoms with Crippen LogP contribution in [0.2, 0.25) is 0 Å². The first-order valence-electron chi connectivity index (χ1n) is 9.60. The molecule has 3 nitrogen and oxygen atoms in total. The molecular formula is C24H19N3S2. The predicted molar refractivity (Wildman–Crippen MR) is 120 cm³/mol. The highest BCUT2D eigenvalue weighted by Gasteiger charge is 2.19. The summed E-state index contributed by atoms with van der Waals surface area (Å²) in [5, 5.41) is 2.07. The highest BCUT2D eigenvalue weighted by Crippen LogP contribution is 2.26. The molecule has 0 radical (unpaired) electrons. The topological polar surface area (TPSA) is 29.0 Å². The summed E-state index contributed by atoms with van der Waals surface area (Å²) in [4.78, 5) is 15.5. The minimum absolute atomic E-state index is 0.854. The Morgan fingerprint density at radius 1 is 1.00 bits per heavy atom. The summed E-state index contributed by atoms with van der Waals surface area (Å²) in [5.74, 6) is 7.38. The van der Waals surface area contributed by atoms with Crippen molar-refractivity contribution in [3.63, 3.8) is 0 Å². The molecule has 0 N–H and O–H groups in total. The van der Waals surface area contributed by atoms with Crippen LogP contribution in [0.3, 0.4) is 0 Å². The van der Waals surface area contributed by atoms with E-state index >= 15 is 0 Å². The molecule has 1 aliphatic heterocycles. The van der Waals surface area contributed by atoms with Gasteiger partial charge in [0.05, 0.1) is 15.4 Å². The summed E-state index contributed by atoms with van der Waals surface area (Å²) in [7, 11) is 0. The molecule has 1 aliphatic rings. The van der Waals surface area contributed by atoms with Gasteiger partial charge < -0.3 is 0 Å². The molecule has 0 saturated carbocycles. The van der Waals surface area contributed by atoms with Crippen molar-refractivity contribution in [2.75, 3.05) is 6.54 Å². The van der Waals surface area contributed by atoms with Crippen molar-refractivity contribution in [2.45, 2.75) is 19.5 Å². The number of fused-ring (bicyclic) bond motifs is 1. The molecule has 29 heavy (non-hydrogen) atoms. The van der Waals surface area contributed by atoms with Crippen molar-refractivity contribution in [3.05, 3.63) is 92.7 Å². The van der Waals surface area contributed by atoms with E-state index in [0.29, 0.717) is 0 Å². The van der Waals surface area contributed by atoms with Gasteiger partial charge in [-0.15, -0.1) is 22.7 Å². The van der Waals surface area contributed by atoms with Gasteiger partial charge >= 0.3 is 0 Å². The Hall–Kier alpha value is -2.78. The van der Waals surface area contributed by atoms with E-state index in [2.05, 4.69) is 45.3 Å². The van der Waals surface area contributed by atoms with Gasteiger partial charge in [-0.2, -0.15) is 0 Å². The SMILES string of the molecule is C(#Cc1ccc(CN2CCc3nc(-c4cccs4)ncc3C2)s1)c1ccccc1. The first kappa shape index (κ1) is 18.3. The first-order chi connectivity index (χ1) is 14.3. The number of rotatable bonds is 3. The zero-order chi connectivity index (χ0) is 19.5. The Morgan fingerprint density at radius 2 is 1.93 bits per heavy atom. The molecule has 0 saturated heterocycles. The second kappa shape index (κ2) is 8.30. The highest BCUT2D eigenvalue weighted by atomic mass is 32.1. The average Bonchev–Trinajstić information content (AvgIpc) is 3.45. The molecule has 5 rings (SSSR count). The maximum Gasteiger partial charge on any atom is 0.169 e. The number of hydrogen-bond donors (Lipinski definition) is 0. The largest absolute Gasteiger partial charge is 0.293 e. The molecule has 142 valence electrons. The first-order valence-corrected chi connectivity index (χ1v) is 11.3. The molecule has 0 unspecified atom stereocenters. The fourth-order valence-electron chi connectivity index (χ4n) is 3.44. The van der Waals surface area contributed by atoms with Crippen LogP contribution in [0.15, 0.2) is 66.2 Å². The van der Waals surface area contributed by atoms with Gasteiger partial charge in [0.15, 0.2) is 5.82 Å². The number of hydrogen-bond acceptors (Lipinski definition) is 5. The Kier molecular flexibility index (Phi) is 5.23. The van der Waals surface area contributed by atoms with E-state index in [1.807, 2.05) is 42.6 Å². The number of thiophene rings is 2. The smallest absolute Gasteiger partial charge is 0.169 e. The van der Waals surface area contributed by atoms with Crippen LogP contribution in [0.4, 0.5) is 0 Å². The lowest BCUT2D eigenvalue weighted by molar-refractivity contribution is 0.245. The van der Waals surface area contributed by atoms with Crippen LogP contribution in [0.1, 0.15) is 26.6 Å². The summed E-state index contributed by atoms with van der Waals surface area (Å²) in [6, 6.07) is 18.6. The van der Waals surface area contributed by atoms with E-state index in [9.17, 15) is 0 Å². The predicted octanol–water partition coefficient (Wildman–Crippen LogP) is 5.22. The van der Waals surface area contributed by atoms with Gasteiger partial charge in [-0.1, -0.05) is 36.1 Å². The summed E-state index contributed by atoms with van der Waals surface area (Å²) in [5.41, 5.74) is 3.49. The molecule has 0 fully saturated rings. The van der Waals surface area contributed by atoms with Crippen LogP contribution in [0.5, 0.6) is 0 Å². The molecule has 0 aliphatic carbocycles. The standard InChI is InChI=1S/C24H19N3S2/c1-2-5-18(6-3-1)8-9-20-10-11-21(29-20)17-27-13-12-22-19(16-27)15-25-24(26-22)23-7-4-14-28-23/h1-7,10-11,14-15H,12-13,16-17H2. The normalized spacial score (nSPS) is 13.5. The summed E-state index contributed by atoms with van der Waals surface area (Å²) in [6.45, 7) is 2.88. The van der Waals surface area contributed by atoms with E-state index in [4.69, 9.17) is 4.98 Å². The van der Waals surface area contributed by atoms with Gasteiger partial charge in [0.2, 0.25) is 0 Å². The number of aromatic nitrogens is 2. The zero-order valence-corrected chi connectivity index (χ0v) is 17.5. The second-order valence-corrected chi connectivity index (χ2v) is 9.10. The Balaban J connectivity index is 1.25. The maximum absolute atomic E-state index is 4.81. The lowest BCUT2D eigenvalue weighted by atomic mass is 10.1. The molecule has 5 heteroatoms. The van der Waals surface area contributed by atoms with Crippen LogP contribution in [-0.2, 0) is 19.5 Å². The number of benzene rings is 1. The Labute approximate surface area is 178 Å². The van der Waals surface area contributed by atoms with E-state index in [0.717, 1.165) is 47.2 Å². The minimum atomic E-state index is 0.854. The molecule has 4 heterocycles. The van der Waals surface area contributed by atoms with Crippen LogP contribution in [-0.4, -0.2) is 21.4 Å². The van der Waals surface area contributed by atoms with Crippen molar-refractivity contribution in [3.8, 4) is 22.5 Å². The third kappa shape index (κ3) is 4.30. The van der Waals surface area contributed by atoms with Crippen molar-refractivity contribution < 1.29 is 0 Å². The van der Waals surface area contributed by atoms with Gasteiger partial charge in [-0.05, 0) is 35.7 Å². The van der Waals surface area contributed by atoms with Gasteiger partial charge in [-0.25, -0.2) is 9.97 Å². The Morgan fingerprint density at radius 3 is 2.79 bits per heavy atom. The quantitative estimate of drug-likeness (QED) is 0.431. The highest BCUT2D eigenvalue weighted by molar-refractivity contribution is 7.13. The zero-order valence-electron chi connectivity index (χ0n) is 15.8. The second-order valence-electron chi connectivity index (χ2n) is 6.99. The molecule has 1 aromatic carbocycles. The van der Waals surface area contributed by atoms with Gasteiger partial charge in [0, 0.05) is 48.3 Å². The molecular weight excluding hydrogens is 394 g/mol.